The maximum atomic E-state index is 13.7. The van der Waals surface area contributed by atoms with E-state index < -0.39 is 5.82 Å². The highest BCUT2D eigenvalue weighted by Crippen LogP contribution is 2.25. The van der Waals surface area contributed by atoms with E-state index >= 15 is 0 Å². The first-order chi connectivity index (χ1) is 8.74. The normalized spacial score (nSPS) is 10.7. The van der Waals surface area contributed by atoms with Crippen molar-refractivity contribution >= 4 is 17.0 Å². The lowest BCUT2D eigenvalue weighted by Gasteiger charge is -1.97. The van der Waals surface area contributed by atoms with Gasteiger partial charge in [-0.3, -0.25) is 0 Å². The van der Waals surface area contributed by atoms with E-state index in [0.29, 0.717) is 17.2 Å². The van der Waals surface area contributed by atoms with Gasteiger partial charge in [-0.1, -0.05) is 5.16 Å². The third-order valence-corrected chi connectivity index (χ3v) is 2.90. The van der Waals surface area contributed by atoms with Crippen molar-refractivity contribution in [2.24, 2.45) is 0 Å². The molecule has 0 amide bonds. The fraction of sp³-hybridized carbons (Fsp3) is 0. The number of anilines is 1. The summed E-state index contributed by atoms with van der Waals surface area (Å²) in [7, 11) is 0. The van der Waals surface area contributed by atoms with E-state index in [1.165, 1.54) is 23.5 Å². The Labute approximate surface area is 105 Å². The molecule has 0 saturated heterocycles. The minimum atomic E-state index is -0.497. The maximum Gasteiger partial charge on any atom is 0.261 e. The lowest BCUT2D eigenvalue weighted by Crippen LogP contribution is -1.89. The zero-order valence-corrected chi connectivity index (χ0v) is 9.82. The Balaban J connectivity index is 2.03. The Morgan fingerprint density at radius 3 is 2.94 bits per heavy atom. The molecule has 0 aliphatic carbocycles. The highest BCUT2D eigenvalue weighted by atomic mass is 32.1. The van der Waals surface area contributed by atoms with E-state index in [2.05, 4.69) is 15.1 Å². The number of halogens is 1. The van der Waals surface area contributed by atoms with Crippen molar-refractivity contribution in [3.05, 3.63) is 34.9 Å². The zero-order valence-electron chi connectivity index (χ0n) is 9.00. The predicted octanol–water partition coefficient (Wildman–Crippen LogP) is 2.58. The van der Waals surface area contributed by atoms with Crippen molar-refractivity contribution in [1.29, 1.82) is 0 Å². The lowest BCUT2D eigenvalue weighted by molar-refractivity contribution is 0.429. The van der Waals surface area contributed by atoms with Crippen molar-refractivity contribution in [2.75, 3.05) is 5.73 Å². The van der Waals surface area contributed by atoms with Crippen LogP contribution in [0.5, 0.6) is 0 Å². The highest BCUT2D eigenvalue weighted by molar-refractivity contribution is 7.07. The van der Waals surface area contributed by atoms with E-state index in [4.69, 9.17) is 10.3 Å². The SMILES string of the molecule is Nc1ccc(-c2nc(-c3cscn3)no2)c(F)c1. The Hall–Kier alpha value is -2.28. The molecule has 0 bridgehead atoms. The van der Waals surface area contributed by atoms with Gasteiger partial charge in [0, 0.05) is 11.1 Å². The first kappa shape index (κ1) is 10.8. The molecule has 0 fully saturated rings. The molecule has 0 radical (unpaired) electrons. The molecule has 18 heavy (non-hydrogen) atoms. The second-order valence-corrected chi connectivity index (χ2v) is 4.25. The summed E-state index contributed by atoms with van der Waals surface area (Å²) in [5, 5.41) is 5.54. The monoisotopic (exact) mass is 262 g/mol. The largest absolute Gasteiger partial charge is 0.399 e. The number of benzene rings is 1. The van der Waals surface area contributed by atoms with Crippen LogP contribution in [-0.2, 0) is 0 Å². The number of nitrogen functional groups attached to an aromatic ring is 1. The molecule has 7 heteroatoms. The van der Waals surface area contributed by atoms with Gasteiger partial charge >= 0.3 is 0 Å². The summed E-state index contributed by atoms with van der Waals surface area (Å²) in [6.45, 7) is 0. The minimum absolute atomic E-state index is 0.107. The van der Waals surface area contributed by atoms with Crippen LogP contribution >= 0.6 is 11.3 Å². The van der Waals surface area contributed by atoms with Crippen molar-refractivity contribution in [3.63, 3.8) is 0 Å². The van der Waals surface area contributed by atoms with Crippen LogP contribution < -0.4 is 5.73 Å². The lowest BCUT2D eigenvalue weighted by atomic mass is 10.2. The van der Waals surface area contributed by atoms with E-state index in [0.717, 1.165) is 0 Å². The molecule has 0 atom stereocenters. The van der Waals surface area contributed by atoms with Gasteiger partial charge in [-0.25, -0.2) is 9.37 Å². The molecular weight excluding hydrogens is 255 g/mol. The van der Waals surface area contributed by atoms with Gasteiger partial charge in [-0.15, -0.1) is 11.3 Å². The Kier molecular flexibility index (Phi) is 2.52. The van der Waals surface area contributed by atoms with Gasteiger partial charge in [0.2, 0.25) is 5.82 Å². The molecule has 1 aromatic carbocycles. The predicted molar refractivity (Wildman–Crippen MR) is 65.2 cm³/mol. The van der Waals surface area contributed by atoms with Gasteiger partial charge in [0.05, 0.1) is 11.1 Å². The number of nitrogens with zero attached hydrogens (tertiary/aromatic N) is 3. The molecule has 0 aliphatic rings. The average molecular weight is 262 g/mol. The van der Waals surface area contributed by atoms with Crippen molar-refractivity contribution in [1.82, 2.24) is 15.1 Å². The number of hydrogen-bond donors (Lipinski definition) is 1. The summed E-state index contributed by atoms with van der Waals surface area (Å²) in [5.74, 6) is -0.0542. The van der Waals surface area contributed by atoms with E-state index in [1.807, 2.05) is 0 Å². The van der Waals surface area contributed by atoms with Crippen LogP contribution in [0.2, 0.25) is 0 Å². The molecule has 0 aliphatic heterocycles. The van der Waals surface area contributed by atoms with Gasteiger partial charge in [0.25, 0.3) is 5.89 Å². The maximum absolute atomic E-state index is 13.7. The molecule has 0 spiro atoms. The van der Waals surface area contributed by atoms with Gasteiger partial charge < -0.3 is 10.3 Å². The molecule has 0 unspecified atom stereocenters. The first-order valence-electron chi connectivity index (χ1n) is 5.02. The van der Waals surface area contributed by atoms with Crippen molar-refractivity contribution in [2.45, 2.75) is 0 Å². The number of nitrogens with two attached hydrogens (primary N) is 1. The molecule has 5 nitrogen and oxygen atoms in total. The van der Waals surface area contributed by atoms with Crippen molar-refractivity contribution < 1.29 is 8.91 Å². The van der Waals surface area contributed by atoms with Gasteiger partial charge in [-0.2, -0.15) is 4.98 Å². The molecule has 3 aromatic rings. The Bertz CT molecular complexity index is 680. The van der Waals surface area contributed by atoms with E-state index in [1.54, 1.807) is 17.0 Å². The highest BCUT2D eigenvalue weighted by Gasteiger charge is 2.15. The zero-order chi connectivity index (χ0) is 12.5. The van der Waals surface area contributed by atoms with Crippen LogP contribution in [0.1, 0.15) is 0 Å². The van der Waals surface area contributed by atoms with Gasteiger partial charge in [-0.05, 0) is 18.2 Å². The number of aromatic nitrogens is 3. The quantitative estimate of drug-likeness (QED) is 0.718. The summed E-state index contributed by atoms with van der Waals surface area (Å²) in [5.41, 5.74) is 8.30. The van der Waals surface area contributed by atoms with Gasteiger partial charge in [0.15, 0.2) is 0 Å². The topological polar surface area (TPSA) is 77.8 Å². The summed E-state index contributed by atoms with van der Waals surface area (Å²) >= 11 is 1.42. The molecule has 90 valence electrons. The van der Waals surface area contributed by atoms with E-state index in [9.17, 15) is 4.39 Å². The summed E-state index contributed by atoms with van der Waals surface area (Å²) in [6, 6.07) is 4.29. The van der Waals surface area contributed by atoms with Crippen LogP contribution in [0.3, 0.4) is 0 Å². The fourth-order valence-electron chi connectivity index (χ4n) is 1.46. The van der Waals surface area contributed by atoms with Crippen LogP contribution in [0.4, 0.5) is 10.1 Å². The van der Waals surface area contributed by atoms with Crippen molar-refractivity contribution in [3.8, 4) is 23.0 Å². The van der Waals surface area contributed by atoms with E-state index in [-0.39, 0.29) is 11.5 Å². The molecule has 2 aromatic heterocycles. The third-order valence-electron chi connectivity index (χ3n) is 2.31. The molecule has 2 N–H and O–H groups in total. The third kappa shape index (κ3) is 1.84. The molecule has 2 heterocycles. The molecular formula is C11H7FN4OS. The Morgan fingerprint density at radius 1 is 1.33 bits per heavy atom. The molecule has 3 rings (SSSR count). The van der Waals surface area contributed by atoms with Crippen LogP contribution in [0.15, 0.2) is 33.6 Å². The second-order valence-electron chi connectivity index (χ2n) is 3.54. The fourth-order valence-corrected chi connectivity index (χ4v) is 2.00. The summed E-state index contributed by atoms with van der Waals surface area (Å²) in [6.07, 6.45) is 0. The summed E-state index contributed by atoms with van der Waals surface area (Å²) < 4.78 is 18.7. The smallest absolute Gasteiger partial charge is 0.261 e. The summed E-state index contributed by atoms with van der Waals surface area (Å²) in [4.78, 5) is 8.15. The van der Waals surface area contributed by atoms with Crippen LogP contribution in [-0.4, -0.2) is 15.1 Å². The minimum Gasteiger partial charge on any atom is -0.399 e. The first-order valence-corrected chi connectivity index (χ1v) is 5.96. The van der Waals surface area contributed by atoms with Crippen LogP contribution in [0.25, 0.3) is 23.0 Å². The number of hydrogen-bond acceptors (Lipinski definition) is 6. The van der Waals surface area contributed by atoms with Gasteiger partial charge in [0.1, 0.15) is 11.5 Å². The standard InChI is InChI=1S/C11H7FN4OS/c12-8-3-6(13)1-2-7(8)11-15-10(16-17-11)9-4-18-5-14-9/h1-5H,13H2. The number of rotatable bonds is 2. The second kappa shape index (κ2) is 4.19. The Morgan fingerprint density at radius 2 is 2.22 bits per heavy atom. The number of thiazole rings is 1. The average Bonchev–Trinajstić information content (AvgIpc) is 2.99. The van der Waals surface area contributed by atoms with Crippen LogP contribution in [0, 0.1) is 5.82 Å². The molecule has 0 saturated carbocycles.